The molecular weight excluding hydrogens is 326 g/mol. The molecule has 0 unspecified atom stereocenters. The highest BCUT2D eigenvalue weighted by Gasteiger charge is 2.09. The van der Waals surface area contributed by atoms with E-state index in [4.69, 9.17) is 11.6 Å². The average molecular weight is 348 g/mol. The second-order valence-electron chi connectivity index (χ2n) is 5.83. The molecule has 0 saturated carbocycles. The van der Waals surface area contributed by atoms with E-state index in [0.717, 1.165) is 22.6 Å². The molecule has 2 rings (SSSR count). The number of carbonyl (C=O) groups excluding carboxylic acids is 1. The first-order chi connectivity index (χ1) is 10.9. The van der Waals surface area contributed by atoms with Crippen molar-refractivity contribution in [3.63, 3.8) is 0 Å². The van der Waals surface area contributed by atoms with Crippen molar-refractivity contribution in [3.05, 3.63) is 57.6 Å². The van der Waals surface area contributed by atoms with Crippen LogP contribution in [0.5, 0.6) is 0 Å². The number of amides is 1. The van der Waals surface area contributed by atoms with Gasteiger partial charge in [0.15, 0.2) is 0 Å². The molecule has 0 spiro atoms. The van der Waals surface area contributed by atoms with E-state index < -0.39 is 0 Å². The van der Waals surface area contributed by atoms with Gasteiger partial charge in [0.2, 0.25) is 5.91 Å². The van der Waals surface area contributed by atoms with Gasteiger partial charge in [-0.15, -0.1) is 11.8 Å². The first-order valence-electron chi connectivity index (χ1n) is 7.63. The zero-order chi connectivity index (χ0) is 17.0. The standard InChI is InChI=1S/C19H22ClNOS/c1-12-9-15(4)19(17(20)10-12)21-18(22)7-8-23-16-6-5-13(2)14(3)11-16/h5-6,9-11H,7-8H2,1-4H3,(H,21,22). The van der Waals surface area contributed by atoms with Crippen molar-refractivity contribution in [3.8, 4) is 0 Å². The lowest BCUT2D eigenvalue weighted by Crippen LogP contribution is -2.13. The van der Waals surface area contributed by atoms with Gasteiger partial charge in [0.05, 0.1) is 10.7 Å². The molecule has 0 saturated heterocycles. The first kappa shape index (κ1) is 17.9. The van der Waals surface area contributed by atoms with Crippen molar-refractivity contribution >= 4 is 35.0 Å². The molecule has 0 fully saturated rings. The summed E-state index contributed by atoms with van der Waals surface area (Å²) in [5.74, 6) is 0.742. The van der Waals surface area contributed by atoms with Crippen molar-refractivity contribution in [1.29, 1.82) is 0 Å². The van der Waals surface area contributed by atoms with Crippen LogP contribution in [0.2, 0.25) is 5.02 Å². The van der Waals surface area contributed by atoms with Crippen molar-refractivity contribution in [1.82, 2.24) is 0 Å². The second kappa shape index (κ2) is 7.89. The molecule has 0 bridgehead atoms. The summed E-state index contributed by atoms with van der Waals surface area (Å²) in [5, 5.41) is 3.52. The van der Waals surface area contributed by atoms with E-state index in [1.54, 1.807) is 11.8 Å². The first-order valence-corrected chi connectivity index (χ1v) is 9.00. The number of aryl methyl sites for hydroxylation is 4. The lowest BCUT2D eigenvalue weighted by Gasteiger charge is -2.11. The van der Waals surface area contributed by atoms with Gasteiger partial charge in [0, 0.05) is 17.1 Å². The van der Waals surface area contributed by atoms with Crippen molar-refractivity contribution < 1.29 is 4.79 Å². The Hall–Kier alpha value is -1.45. The molecule has 0 aromatic heterocycles. The van der Waals surface area contributed by atoms with E-state index in [-0.39, 0.29) is 5.91 Å². The van der Waals surface area contributed by atoms with Crippen LogP contribution in [0.25, 0.3) is 0 Å². The van der Waals surface area contributed by atoms with Gasteiger partial charge in [0.25, 0.3) is 0 Å². The summed E-state index contributed by atoms with van der Waals surface area (Å²) in [4.78, 5) is 13.3. The van der Waals surface area contributed by atoms with Crippen LogP contribution in [0.15, 0.2) is 35.2 Å². The van der Waals surface area contributed by atoms with Crippen molar-refractivity contribution in [2.45, 2.75) is 39.0 Å². The molecule has 2 aromatic carbocycles. The Morgan fingerprint density at radius 2 is 1.78 bits per heavy atom. The number of nitrogens with one attached hydrogen (secondary N) is 1. The van der Waals surface area contributed by atoms with E-state index in [2.05, 4.69) is 37.4 Å². The quantitative estimate of drug-likeness (QED) is 0.703. The fourth-order valence-corrected chi connectivity index (χ4v) is 3.66. The summed E-state index contributed by atoms with van der Waals surface area (Å²) in [6, 6.07) is 10.3. The SMILES string of the molecule is Cc1cc(C)c(NC(=O)CCSc2ccc(C)c(C)c2)c(Cl)c1. The van der Waals surface area contributed by atoms with Gasteiger partial charge in [-0.1, -0.05) is 23.7 Å². The summed E-state index contributed by atoms with van der Waals surface area (Å²) in [7, 11) is 0. The van der Waals surface area contributed by atoms with Crippen LogP contribution < -0.4 is 5.32 Å². The van der Waals surface area contributed by atoms with Gasteiger partial charge in [-0.25, -0.2) is 0 Å². The van der Waals surface area contributed by atoms with Crippen LogP contribution in [0, 0.1) is 27.7 Å². The number of hydrogen-bond donors (Lipinski definition) is 1. The van der Waals surface area contributed by atoms with E-state index in [1.807, 2.05) is 26.0 Å². The molecule has 122 valence electrons. The molecule has 2 aromatic rings. The Balaban J connectivity index is 1.89. The van der Waals surface area contributed by atoms with Crippen LogP contribution in [0.4, 0.5) is 5.69 Å². The molecule has 0 aliphatic heterocycles. The fraction of sp³-hybridized carbons (Fsp3) is 0.316. The molecular formula is C19H22ClNOS. The third kappa shape index (κ3) is 5.02. The Kier molecular flexibility index (Phi) is 6.14. The third-order valence-corrected chi connectivity index (χ3v) is 5.07. The van der Waals surface area contributed by atoms with Gasteiger partial charge < -0.3 is 5.32 Å². The molecule has 4 heteroatoms. The van der Waals surface area contributed by atoms with Crippen LogP contribution >= 0.6 is 23.4 Å². The Labute approximate surface area is 147 Å². The maximum Gasteiger partial charge on any atom is 0.225 e. The maximum atomic E-state index is 12.1. The Bertz CT molecular complexity index is 704. The summed E-state index contributed by atoms with van der Waals surface area (Å²) in [5.41, 5.74) is 5.37. The van der Waals surface area contributed by atoms with Crippen LogP contribution in [0.1, 0.15) is 28.7 Å². The van der Waals surface area contributed by atoms with Gasteiger partial charge in [-0.2, -0.15) is 0 Å². The molecule has 0 heterocycles. The molecule has 0 aliphatic rings. The monoisotopic (exact) mass is 347 g/mol. The van der Waals surface area contributed by atoms with Gasteiger partial charge in [0.1, 0.15) is 0 Å². The predicted octanol–water partition coefficient (Wildman–Crippen LogP) is 5.69. The lowest BCUT2D eigenvalue weighted by atomic mass is 10.1. The molecule has 0 radical (unpaired) electrons. The highest BCUT2D eigenvalue weighted by atomic mass is 35.5. The minimum atomic E-state index is -0.00446. The van der Waals surface area contributed by atoms with E-state index in [1.165, 1.54) is 16.0 Å². The number of benzene rings is 2. The van der Waals surface area contributed by atoms with Crippen molar-refractivity contribution in [2.24, 2.45) is 0 Å². The number of anilines is 1. The average Bonchev–Trinajstić information content (AvgIpc) is 2.46. The Morgan fingerprint density at radius 3 is 2.43 bits per heavy atom. The highest BCUT2D eigenvalue weighted by Crippen LogP contribution is 2.28. The smallest absolute Gasteiger partial charge is 0.225 e. The van der Waals surface area contributed by atoms with Gasteiger partial charge >= 0.3 is 0 Å². The number of rotatable bonds is 5. The lowest BCUT2D eigenvalue weighted by molar-refractivity contribution is -0.115. The van der Waals surface area contributed by atoms with Gasteiger partial charge in [-0.3, -0.25) is 4.79 Å². The number of halogens is 1. The summed E-state index contributed by atoms with van der Waals surface area (Å²) < 4.78 is 0. The van der Waals surface area contributed by atoms with Crippen molar-refractivity contribution in [2.75, 3.05) is 11.1 Å². The fourth-order valence-electron chi connectivity index (χ4n) is 2.34. The summed E-state index contributed by atoms with van der Waals surface area (Å²) >= 11 is 7.92. The van der Waals surface area contributed by atoms with E-state index in [0.29, 0.717) is 11.4 Å². The number of hydrogen-bond acceptors (Lipinski definition) is 2. The highest BCUT2D eigenvalue weighted by molar-refractivity contribution is 7.99. The predicted molar refractivity (Wildman–Crippen MR) is 101 cm³/mol. The third-order valence-electron chi connectivity index (χ3n) is 3.77. The second-order valence-corrected chi connectivity index (χ2v) is 7.41. The summed E-state index contributed by atoms with van der Waals surface area (Å²) in [6.45, 7) is 8.15. The van der Waals surface area contributed by atoms with E-state index in [9.17, 15) is 4.79 Å². The molecule has 0 aliphatic carbocycles. The molecule has 1 amide bonds. The topological polar surface area (TPSA) is 29.1 Å². The molecule has 1 N–H and O–H groups in total. The van der Waals surface area contributed by atoms with Crippen LogP contribution in [0.3, 0.4) is 0 Å². The largest absolute Gasteiger partial charge is 0.325 e. The minimum absolute atomic E-state index is 0.00446. The minimum Gasteiger partial charge on any atom is -0.325 e. The summed E-state index contributed by atoms with van der Waals surface area (Å²) in [6.07, 6.45) is 0.460. The molecule has 0 atom stereocenters. The van der Waals surface area contributed by atoms with Gasteiger partial charge in [-0.05, 0) is 68.1 Å². The zero-order valence-corrected chi connectivity index (χ0v) is 15.6. The normalized spacial score (nSPS) is 10.7. The van der Waals surface area contributed by atoms with Crippen LogP contribution in [-0.4, -0.2) is 11.7 Å². The number of thioether (sulfide) groups is 1. The van der Waals surface area contributed by atoms with E-state index >= 15 is 0 Å². The molecule has 2 nitrogen and oxygen atoms in total. The zero-order valence-electron chi connectivity index (χ0n) is 14.0. The maximum absolute atomic E-state index is 12.1. The van der Waals surface area contributed by atoms with Crippen LogP contribution in [-0.2, 0) is 4.79 Å². The molecule has 23 heavy (non-hydrogen) atoms. The Morgan fingerprint density at radius 1 is 1.04 bits per heavy atom. The number of carbonyl (C=O) groups is 1.